The van der Waals surface area contributed by atoms with Crippen molar-refractivity contribution in [1.82, 2.24) is 0 Å². The van der Waals surface area contributed by atoms with E-state index in [-0.39, 0.29) is 0 Å². The summed E-state index contributed by atoms with van der Waals surface area (Å²) in [6.45, 7) is 4.41. The standard InChI is InChI=1S/C10H14.C6H6/c1-3-9-7-5-6-8-10(9)4-2;1-2-4-6-5-3-1/h5-8H,3-4H2,1-2H3;1-6H. The van der Waals surface area contributed by atoms with Gasteiger partial charge in [-0.1, -0.05) is 74.5 Å². The molecule has 84 valence electrons. The molecule has 0 unspecified atom stereocenters. The van der Waals surface area contributed by atoms with Crippen molar-refractivity contribution in [1.29, 1.82) is 0 Å². The summed E-state index contributed by atoms with van der Waals surface area (Å²) in [5.74, 6) is 0. The topological polar surface area (TPSA) is 0 Å². The quantitative estimate of drug-likeness (QED) is 0.687. The Morgan fingerprint density at radius 3 is 1.12 bits per heavy atom. The van der Waals surface area contributed by atoms with Crippen LogP contribution < -0.4 is 0 Å². The van der Waals surface area contributed by atoms with Crippen LogP contribution in [0, 0.1) is 0 Å². The average molecular weight is 212 g/mol. The largest absolute Gasteiger partial charge is 0.0623 e. The summed E-state index contributed by atoms with van der Waals surface area (Å²) in [4.78, 5) is 0. The summed E-state index contributed by atoms with van der Waals surface area (Å²) in [6, 6.07) is 20.6. The zero-order chi connectivity index (χ0) is 11.6. The van der Waals surface area contributed by atoms with E-state index in [2.05, 4.69) is 38.1 Å². The zero-order valence-electron chi connectivity index (χ0n) is 10.2. The maximum atomic E-state index is 2.21. The molecule has 2 aromatic rings. The van der Waals surface area contributed by atoms with Crippen molar-refractivity contribution in [2.45, 2.75) is 26.7 Å². The van der Waals surface area contributed by atoms with Crippen LogP contribution in [0.2, 0.25) is 0 Å². The second-order valence-electron chi connectivity index (χ2n) is 3.63. The molecule has 0 N–H and O–H groups in total. The normalized spacial score (nSPS) is 9.12. The summed E-state index contributed by atoms with van der Waals surface area (Å²) >= 11 is 0. The lowest BCUT2D eigenvalue weighted by atomic mass is 10.0. The van der Waals surface area contributed by atoms with E-state index in [1.54, 1.807) is 0 Å². The Kier molecular flexibility index (Phi) is 6.02. The number of aryl methyl sites for hydroxylation is 2. The minimum atomic E-state index is 1.16. The molecule has 16 heavy (non-hydrogen) atoms. The van der Waals surface area contributed by atoms with E-state index in [0.29, 0.717) is 0 Å². The molecule has 0 heterocycles. The molecular formula is C16H20. The number of rotatable bonds is 2. The highest BCUT2D eigenvalue weighted by molar-refractivity contribution is 5.26. The Morgan fingerprint density at radius 1 is 0.562 bits per heavy atom. The first-order chi connectivity index (χ1) is 7.88. The molecule has 0 aliphatic heterocycles. The van der Waals surface area contributed by atoms with Crippen molar-refractivity contribution in [2.24, 2.45) is 0 Å². The molecule has 0 saturated carbocycles. The third-order valence-corrected chi connectivity index (χ3v) is 2.55. The van der Waals surface area contributed by atoms with Crippen LogP contribution in [0.25, 0.3) is 0 Å². The van der Waals surface area contributed by atoms with Gasteiger partial charge in [0.05, 0.1) is 0 Å². The summed E-state index contributed by atoms with van der Waals surface area (Å²) in [7, 11) is 0. The van der Waals surface area contributed by atoms with Crippen LogP contribution in [0.5, 0.6) is 0 Å². The van der Waals surface area contributed by atoms with Crippen molar-refractivity contribution in [3.8, 4) is 0 Å². The lowest BCUT2D eigenvalue weighted by Crippen LogP contribution is -1.88. The molecule has 2 rings (SSSR count). The number of hydrogen-bond acceptors (Lipinski definition) is 0. The maximum Gasteiger partial charge on any atom is -0.0305 e. The molecule has 0 spiro atoms. The predicted octanol–water partition coefficient (Wildman–Crippen LogP) is 4.50. The molecule has 0 nitrogen and oxygen atoms in total. The fourth-order valence-electron chi connectivity index (χ4n) is 1.63. The van der Waals surface area contributed by atoms with Crippen LogP contribution in [0.4, 0.5) is 0 Å². The van der Waals surface area contributed by atoms with Gasteiger partial charge in [0, 0.05) is 0 Å². The Bertz CT molecular complexity index is 327. The predicted molar refractivity (Wildman–Crippen MR) is 71.6 cm³/mol. The van der Waals surface area contributed by atoms with Crippen LogP contribution in [0.1, 0.15) is 25.0 Å². The molecule has 0 atom stereocenters. The summed E-state index contributed by atoms with van der Waals surface area (Å²) in [5, 5.41) is 0. The number of benzene rings is 2. The highest BCUT2D eigenvalue weighted by atomic mass is 14.0. The van der Waals surface area contributed by atoms with E-state index >= 15 is 0 Å². The van der Waals surface area contributed by atoms with Crippen LogP contribution in [-0.2, 0) is 12.8 Å². The minimum Gasteiger partial charge on any atom is -0.0623 e. The Labute approximate surface area is 99.0 Å². The van der Waals surface area contributed by atoms with Crippen molar-refractivity contribution in [3.05, 3.63) is 71.8 Å². The summed E-state index contributed by atoms with van der Waals surface area (Å²) in [6.07, 6.45) is 2.31. The number of hydrogen-bond donors (Lipinski definition) is 0. The first-order valence-electron chi connectivity index (χ1n) is 5.95. The minimum absolute atomic E-state index is 1.16. The van der Waals surface area contributed by atoms with Gasteiger partial charge in [0.25, 0.3) is 0 Å². The first kappa shape index (κ1) is 12.5. The van der Waals surface area contributed by atoms with E-state index < -0.39 is 0 Å². The van der Waals surface area contributed by atoms with Gasteiger partial charge in [0.1, 0.15) is 0 Å². The van der Waals surface area contributed by atoms with Crippen LogP contribution in [0.3, 0.4) is 0 Å². The summed E-state index contributed by atoms with van der Waals surface area (Å²) < 4.78 is 0. The van der Waals surface area contributed by atoms with Gasteiger partial charge >= 0.3 is 0 Å². The molecular weight excluding hydrogens is 192 g/mol. The van der Waals surface area contributed by atoms with Gasteiger partial charge in [-0.25, -0.2) is 0 Å². The van der Waals surface area contributed by atoms with Crippen molar-refractivity contribution in [3.63, 3.8) is 0 Å². The molecule has 0 aromatic heterocycles. The third kappa shape index (κ3) is 4.31. The van der Waals surface area contributed by atoms with Crippen LogP contribution in [0.15, 0.2) is 60.7 Å². The molecule has 0 saturated heterocycles. The molecule has 0 aliphatic carbocycles. The maximum absolute atomic E-state index is 2.21. The lowest BCUT2D eigenvalue weighted by Gasteiger charge is -2.02. The van der Waals surface area contributed by atoms with E-state index in [9.17, 15) is 0 Å². The fraction of sp³-hybridized carbons (Fsp3) is 0.250. The molecule has 2 aromatic carbocycles. The lowest BCUT2D eigenvalue weighted by molar-refractivity contribution is 1.04. The van der Waals surface area contributed by atoms with E-state index in [1.807, 2.05) is 36.4 Å². The SMILES string of the molecule is CCc1ccccc1CC.c1ccccc1. The van der Waals surface area contributed by atoms with E-state index in [4.69, 9.17) is 0 Å². The van der Waals surface area contributed by atoms with Crippen LogP contribution >= 0.6 is 0 Å². The smallest absolute Gasteiger partial charge is 0.0305 e. The van der Waals surface area contributed by atoms with Crippen molar-refractivity contribution < 1.29 is 0 Å². The molecule has 0 aliphatic rings. The van der Waals surface area contributed by atoms with Gasteiger partial charge in [0.15, 0.2) is 0 Å². The fourth-order valence-corrected chi connectivity index (χ4v) is 1.63. The van der Waals surface area contributed by atoms with Gasteiger partial charge < -0.3 is 0 Å². The Hall–Kier alpha value is -1.56. The Balaban J connectivity index is 0.000000181. The van der Waals surface area contributed by atoms with Gasteiger partial charge in [-0.15, -0.1) is 0 Å². The molecule has 0 fully saturated rings. The monoisotopic (exact) mass is 212 g/mol. The van der Waals surface area contributed by atoms with Crippen molar-refractivity contribution in [2.75, 3.05) is 0 Å². The van der Waals surface area contributed by atoms with Crippen molar-refractivity contribution >= 4 is 0 Å². The summed E-state index contributed by atoms with van der Waals surface area (Å²) in [5.41, 5.74) is 2.98. The Morgan fingerprint density at radius 2 is 0.875 bits per heavy atom. The highest BCUT2D eigenvalue weighted by Gasteiger charge is 1.93. The van der Waals surface area contributed by atoms with E-state index in [0.717, 1.165) is 12.8 Å². The third-order valence-electron chi connectivity index (χ3n) is 2.55. The average Bonchev–Trinajstić information content (AvgIpc) is 2.41. The van der Waals surface area contributed by atoms with Gasteiger partial charge in [-0.05, 0) is 24.0 Å². The van der Waals surface area contributed by atoms with Crippen LogP contribution in [-0.4, -0.2) is 0 Å². The van der Waals surface area contributed by atoms with Gasteiger partial charge in [0.2, 0.25) is 0 Å². The second kappa shape index (κ2) is 7.70. The van der Waals surface area contributed by atoms with Gasteiger partial charge in [-0.3, -0.25) is 0 Å². The molecule has 0 radical (unpaired) electrons. The first-order valence-corrected chi connectivity index (χ1v) is 5.95. The highest BCUT2D eigenvalue weighted by Crippen LogP contribution is 2.08. The molecule has 0 amide bonds. The molecule has 0 bridgehead atoms. The van der Waals surface area contributed by atoms with E-state index in [1.165, 1.54) is 11.1 Å². The second-order valence-corrected chi connectivity index (χ2v) is 3.63. The molecule has 0 heteroatoms. The van der Waals surface area contributed by atoms with Gasteiger partial charge in [-0.2, -0.15) is 0 Å². The zero-order valence-corrected chi connectivity index (χ0v) is 10.2.